The fourth-order valence-corrected chi connectivity index (χ4v) is 4.95. The van der Waals surface area contributed by atoms with Gasteiger partial charge < -0.3 is 20.1 Å². The highest BCUT2D eigenvalue weighted by Crippen LogP contribution is 2.31. The minimum atomic E-state index is -0.677. The van der Waals surface area contributed by atoms with Crippen LogP contribution in [-0.2, 0) is 25.7 Å². The van der Waals surface area contributed by atoms with Crippen LogP contribution in [0.5, 0.6) is 5.75 Å². The number of nitrogens with one attached hydrogen (secondary N) is 2. The average molecular weight is 449 g/mol. The molecule has 0 bridgehead atoms. The van der Waals surface area contributed by atoms with Crippen LogP contribution in [0.1, 0.15) is 67.5 Å². The van der Waals surface area contributed by atoms with Crippen molar-refractivity contribution in [1.82, 2.24) is 10.3 Å². The molecule has 176 valence electrons. The van der Waals surface area contributed by atoms with Crippen molar-refractivity contribution in [3.05, 3.63) is 74.6 Å². The molecule has 2 aromatic carbocycles. The number of aromatic amines is 1. The molecule has 4 rings (SSSR count). The van der Waals surface area contributed by atoms with Gasteiger partial charge >= 0.3 is 0 Å². The lowest BCUT2D eigenvalue weighted by atomic mass is 9.97. The molecule has 0 aliphatic heterocycles. The number of aromatic nitrogens is 1. The van der Waals surface area contributed by atoms with Crippen molar-refractivity contribution in [2.45, 2.75) is 71.4 Å². The van der Waals surface area contributed by atoms with Crippen molar-refractivity contribution >= 4 is 10.9 Å². The number of hydrogen-bond acceptors (Lipinski definition) is 4. The van der Waals surface area contributed by atoms with Crippen LogP contribution in [0.4, 0.5) is 0 Å². The Morgan fingerprint density at radius 1 is 1.06 bits per heavy atom. The van der Waals surface area contributed by atoms with Crippen LogP contribution in [0.3, 0.4) is 0 Å². The third kappa shape index (κ3) is 5.15. The Bertz CT molecular complexity index is 1130. The van der Waals surface area contributed by atoms with E-state index in [0.29, 0.717) is 30.5 Å². The maximum absolute atomic E-state index is 12.0. The highest BCUT2D eigenvalue weighted by molar-refractivity contribution is 5.87. The zero-order valence-corrected chi connectivity index (χ0v) is 20.0. The Kier molecular flexibility index (Phi) is 7.51. The first-order chi connectivity index (χ1) is 16.0. The molecule has 0 saturated carbocycles. The number of fused-ring (bicyclic) bond motifs is 2. The summed E-state index contributed by atoms with van der Waals surface area (Å²) < 4.78 is 5.90. The van der Waals surface area contributed by atoms with Crippen molar-refractivity contribution in [3.8, 4) is 5.75 Å². The summed E-state index contributed by atoms with van der Waals surface area (Å²) in [6.07, 6.45) is 5.46. The predicted molar refractivity (Wildman–Crippen MR) is 134 cm³/mol. The largest absolute Gasteiger partial charge is 0.491 e. The average Bonchev–Trinajstić information content (AvgIpc) is 3.23. The van der Waals surface area contributed by atoms with E-state index in [0.717, 1.165) is 49.5 Å². The summed E-state index contributed by atoms with van der Waals surface area (Å²) >= 11 is 0. The van der Waals surface area contributed by atoms with E-state index < -0.39 is 6.10 Å². The van der Waals surface area contributed by atoms with Crippen LogP contribution in [-0.4, -0.2) is 29.3 Å². The Balaban J connectivity index is 1.47. The highest BCUT2D eigenvalue weighted by atomic mass is 16.5. The molecule has 0 radical (unpaired) electrons. The van der Waals surface area contributed by atoms with Gasteiger partial charge in [0, 0.05) is 24.0 Å². The summed E-state index contributed by atoms with van der Waals surface area (Å²) in [6.45, 7) is 7.63. The van der Waals surface area contributed by atoms with Crippen molar-refractivity contribution < 1.29 is 9.84 Å². The van der Waals surface area contributed by atoms with E-state index in [1.165, 1.54) is 28.3 Å². The van der Waals surface area contributed by atoms with Crippen LogP contribution < -0.4 is 15.6 Å². The number of aliphatic hydroxyl groups excluding tert-OH is 1. The maximum atomic E-state index is 12.0. The first kappa shape index (κ1) is 23.5. The summed E-state index contributed by atoms with van der Waals surface area (Å²) in [5, 5.41) is 15.4. The number of hydrogen-bond donors (Lipinski definition) is 3. The second-order valence-corrected chi connectivity index (χ2v) is 9.09. The van der Waals surface area contributed by atoms with Crippen molar-refractivity contribution in [1.29, 1.82) is 0 Å². The smallest absolute Gasteiger partial charge is 0.248 e. The maximum Gasteiger partial charge on any atom is 0.248 e. The van der Waals surface area contributed by atoms with Gasteiger partial charge in [0.1, 0.15) is 5.75 Å². The van der Waals surface area contributed by atoms with Gasteiger partial charge in [-0.3, -0.25) is 4.79 Å². The molecule has 5 heteroatoms. The summed E-state index contributed by atoms with van der Waals surface area (Å²) in [6, 6.07) is 12.2. The normalized spacial score (nSPS) is 14.5. The molecule has 1 atom stereocenters. The monoisotopic (exact) mass is 448 g/mol. The van der Waals surface area contributed by atoms with E-state index >= 15 is 0 Å². The molecule has 1 heterocycles. The van der Waals surface area contributed by atoms with Gasteiger partial charge in [-0.05, 0) is 72.1 Å². The summed E-state index contributed by atoms with van der Waals surface area (Å²) in [4.78, 5) is 14.9. The van der Waals surface area contributed by atoms with E-state index in [-0.39, 0.29) is 5.56 Å². The van der Waals surface area contributed by atoms with Crippen molar-refractivity contribution in [3.63, 3.8) is 0 Å². The highest BCUT2D eigenvalue weighted by Gasteiger charge is 2.24. The van der Waals surface area contributed by atoms with Gasteiger partial charge in [0.15, 0.2) is 0 Å². The molecular weight excluding hydrogens is 412 g/mol. The Morgan fingerprint density at radius 3 is 2.39 bits per heavy atom. The van der Waals surface area contributed by atoms with Crippen LogP contribution in [0, 0.1) is 0 Å². The zero-order chi connectivity index (χ0) is 23.4. The molecule has 3 aromatic rings. The van der Waals surface area contributed by atoms with Gasteiger partial charge in [0.05, 0.1) is 18.2 Å². The van der Waals surface area contributed by atoms with E-state index in [9.17, 15) is 9.90 Å². The number of ether oxygens (including phenoxy) is 1. The van der Waals surface area contributed by atoms with Gasteiger partial charge in [-0.2, -0.15) is 0 Å². The standard InChI is InChI=1S/C28H36N2O3/c1-4-7-12-33-26-10-8-23(24-9-11-27(32)30-28(24)26)25(31)17-29-22-15-20-13-18(5-2)19(6-3)14-21(20)16-22/h8-11,13-14,22,25,29,31H,4-7,12,15-17H2,1-3H3,(H,30,32). The molecule has 1 aliphatic carbocycles. The van der Waals surface area contributed by atoms with Crippen molar-refractivity contribution in [2.75, 3.05) is 13.2 Å². The molecule has 33 heavy (non-hydrogen) atoms. The summed E-state index contributed by atoms with van der Waals surface area (Å²) in [7, 11) is 0. The number of H-pyrrole nitrogens is 1. The third-order valence-electron chi connectivity index (χ3n) is 6.82. The minimum Gasteiger partial charge on any atom is -0.491 e. The Morgan fingerprint density at radius 2 is 1.76 bits per heavy atom. The van der Waals surface area contributed by atoms with Crippen LogP contribution in [0.2, 0.25) is 0 Å². The molecule has 1 aliphatic rings. The molecule has 0 spiro atoms. The Hall–Kier alpha value is -2.63. The van der Waals surface area contributed by atoms with E-state index in [2.05, 4.69) is 43.2 Å². The Labute approximate surface area is 196 Å². The van der Waals surface area contributed by atoms with Gasteiger partial charge in [-0.15, -0.1) is 0 Å². The SMILES string of the molecule is CCCCOc1ccc(C(O)CNC2Cc3cc(CC)c(CC)cc3C2)c2ccc(=O)[nH]c12. The summed E-state index contributed by atoms with van der Waals surface area (Å²) in [5.74, 6) is 0.657. The number of aliphatic hydroxyl groups is 1. The van der Waals surface area contributed by atoms with Crippen molar-refractivity contribution in [2.24, 2.45) is 0 Å². The molecule has 0 amide bonds. The lowest BCUT2D eigenvalue weighted by Gasteiger charge is -2.19. The fraction of sp³-hybridized carbons (Fsp3) is 0.464. The number of aryl methyl sites for hydroxylation is 2. The molecule has 3 N–H and O–H groups in total. The topological polar surface area (TPSA) is 74.3 Å². The molecule has 5 nitrogen and oxygen atoms in total. The molecular formula is C28H36N2O3. The summed E-state index contributed by atoms with van der Waals surface area (Å²) in [5.41, 5.74) is 7.07. The molecule has 1 aromatic heterocycles. The van der Waals surface area contributed by atoms with Gasteiger partial charge in [-0.25, -0.2) is 0 Å². The van der Waals surface area contributed by atoms with Crippen LogP contribution >= 0.6 is 0 Å². The quantitative estimate of drug-likeness (QED) is 0.396. The minimum absolute atomic E-state index is 0.172. The van der Waals surface area contributed by atoms with E-state index in [4.69, 9.17) is 4.74 Å². The van der Waals surface area contributed by atoms with Crippen LogP contribution in [0.15, 0.2) is 41.2 Å². The molecule has 0 fully saturated rings. The molecule has 0 saturated heterocycles. The number of rotatable bonds is 10. The molecule has 1 unspecified atom stereocenters. The first-order valence-corrected chi connectivity index (χ1v) is 12.4. The van der Waals surface area contributed by atoms with E-state index in [1.54, 1.807) is 6.07 Å². The first-order valence-electron chi connectivity index (χ1n) is 12.4. The van der Waals surface area contributed by atoms with Gasteiger partial charge in [0.25, 0.3) is 0 Å². The zero-order valence-electron chi connectivity index (χ0n) is 20.0. The number of unbranched alkanes of at least 4 members (excludes halogenated alkanes) is 1. The second-order valence-electron chi connectivity index (χ2n) is 9.09. The second kappa shape index (κ2) is 10.5. The number of pyridine rings is 1. The van der Waals surface area contributed by atoms with Gasteiger partial charge in [0.2, 0.25) is 5.56 Å². The third-order valence-corrected chi connectivity index (χ3v) is 6.82. The lowest BCUT2D eigenvalue weighted by molar-refractivity contribution is 0.171. The van der Waals surface area contributed by atoms with Crippen LogP contribution in [0.25, 0.3) is 10.9 Å². The number of benzene rings is 2. The lowest BCUT2D eigenvalue weighted by Crippen LogP contribution is -2.33. The van der Waals surface area contributed by atoms with Gasteiger partial charge in [-0.1, -0.05) is 45.4 Å². The fourth-order valence-electron chi connectivity index (χ4n) is 4.95. The predicted octanol–water partition coefficient (Wildman–Crippen LogP) is 4.62. The van der Waals surface area contributed by atoms with E-state index in [1.807, 2.05) is 12.1 Å².